The van der Waals surface area contributed by atoms with E-state index in [9.17, 15) is 4.79 Å². The van der Waals surface area contributed by atoms with Crippen LogP contribution in [0, 0.1) is 3.57 Å². The van der Waals surface area contributed by atoms with E-state index < -0.39 is 0 Å². The molecule has 0 spiro atoms. The Kier molecular flexibility index (Phi) is 2.73. The van der Waals surface area contributed by atoms with Gasteiger partial charge in [-0.2, -0.15) is 0 Å². The van der Waals surface area contributed by atoms with Crippen molar-refractivity contribution in [2.75, 3.05) is 5.32 Å². The number of nitrogens with two attached hydrogens (primary N) is 1. The first kappa shape index (κ1) is 9.92. The molecule has 0 radical (unpaired) electrons. The number of halogens is 1. The summed E-state index contributed by atoms with van der Waals surface area (Å²) in [6, 6.07) is 5.70. The average Bonchev–Trinajstić information content (AvgIpc) is 2.27. The zero-order valence-electron chi connectivity index (χ0n) is 7.59. The van der Waals surface area contributed by atoms with Crippen molar-refractivity contribution in [2.24, 2.45) is 5.73 Å². The quantitative estimate of drug-likeness (QED) is 0.714. The molecule has 1 aliphatic heterocycles. The van der Waals surface area contributed by atoms with Gasteiger partial charge < -0.3 is 11.1 Å². The lowest BCUT2D eigenvalue weighted by Gasteiger charge is -2.07. The Morgan fingerprint density at radius 2 is 2.29 bits per heavy atom. The number of carbonyl (C=O) groups excluding carboxylic acids is 1. The normalized spacial score (nSPS) is 21.0. The van der Waals surface area contributed by atoms with Gasteiger partial charge in [0, 0.05) is 9.26 Å². The van der Waals surface area contributed by atoms with E-state index in [1.165, 1.54) is 5.56 Å². The van der Waals surface area contributed by atoms with E-state index in [4.69, 9.17) is 5.73 Å². The van der Waals surface area contributed by atoms with E-state index in [1.807, 2.05) is 12.1 Å². The maximum Gasteiger partial charge on any atom is 0.241 e. The van der Waals surface area contributed by atoms with Gasteiger partial charge in [-0.05, 0) is 53.1 Å². The molecule has 1 amide bonds. The number of aryl methyl sites for hydroxylation is 1. The summed E-state index contributed by atoms with van der Waals surface area (Å²) in [5, 5.41) is 2.84. The Hall–Kier alpha value is -0.620. The third kappa shape index (κ3) is 1.90. The van der Waals surface area contributed by atoms with Crippen molar-refractivity contribution >= 4 is 34.2 Å². The van der Waals surface area contributed by atoms with Crippen LogP contribution < -0.4 is 11.1 Å². The average molecular weight is 302 g/mol. The number of anilines is 1. The first-order valence-electron chi connectivity index (χ1n) is 4.51. The minimum atomic E-state index is -0.375. The van der Waals surface area contributed by atoms with Crippen LogP contribution >= 0.6 is 22.6 Å². The fourth-order valence-electron chi connectivity index (χ4n) is 1.55. The molecule has 0 saturated carbocycles. The summed E-state index contributed by atoms with van der Waals surface area (Å²) in [7, 11) is 0. The molecular formula is C10H11IN2O. The van der Waals surface area contributed by atoms with E-state index in [2.05, 4.69) is 34.0 Å². The molecule has 1 unspecified atom stereocenters. The topological polar surface area (TPSA) is 55.1 Å². The highest BCUT2D eigenvalue weighted by Gasteiger charge is 2.19. The highest BCUT2D eigenvalue weighted by Crippen LogP contribution is 2.23. The molecule has 3 N–H and O–H groups in total. The van der Waals surface area contributed by atoms with E-state index in [0.29, 0.717) is 0 Å². The van der Waals surface area contributed by atoms with Crippen LogP contribution in [-0.4, -0.2) is 11.9 Å². The molecule has 1 atom stereocenters. The van der Waals surface area contributed by atoms with Gasteiger partial charge in [-0.1, -0.05) is 6.07 Å². The van der Waals surface area contributed by atoms with Crippen molar-refractivity contribution in [3.8, 4) is 0 Å². The number of carbonyl (C=O) groups is 1. The lowest BCUT2D eigenvalue weighted by atomic mass is 10.1. The van der Waals surface area contributed by atoms with E-state index in [0.717, 1.165) is 22.1 Å². The SMILES string of the molecule is NC1CCc2ccc(I)cc2NC1=O. The molecule has 1 aliphatic rings. The third-order valence-corrected chi connectivity index (χ3v) is 3.06. The van der Waals surface area contributed by atoms with Crippen molar-refractivity contribution in [3.63, 3.8) is 0 Å². The molecule has 0 aromatic heterocycles. The van der Waals surface area contributed by atoms with Gasteiger partial charge in [-0.25, -0.2) is 0 Å². The molecule has 0 bridgehead atoms. The summed E-state index contributed by atoms with van der Waals surface area (Å²) in [5.74, 6) is -0.0780. The first-order chi connectivity index (χ1) is 6.66. The van der Waals surface area contributed by atoms with Crippen LogP contribution in [0.25, 0.3) is 0 Å². The minimum Gasteiger partial charge on any atom is -0.324 e. The monoisotopic (exact) mass is 302 g/mol. The summed E-state index contributed by atoms with van der Waals surface area (Å²) >= 11 is 2.23. The summed E-state index contributed by atoms with van der Waals surface area (Å²) in [6.45, 7) is 0. The zero-order chi connectivity index (χ0) is 10.1. The van der Waals surface area contributed by atoms with Crippen LogP contribution in [0.4, 0.5) is 5.69 Å². The molecule has 1 heterocycles. The Balaban J connectivity index is 2.38. The van der Waals surface area contributed by atoms with Gasteiger partial charge in [-0.15, -0.1) is 0 Å². The van der Waals surface area contributed by atoms with Crippen LogP contribution in [-0.2, 0) is 11.2 Å². The lowest BCUT2D eigenvalue weighted by Crippen LogP contribution is -2.34. The molecule has 14 heavy (non-hydrogen) atoms. The Labute approximate surface area is 96.2 Å². The molecule has 0 fully saturated rings. The summed E-state index contributed by atoms with van der Waals surface area (Å²) in [5.41, 5.74) is 7.77. The lowest BCUT2D eigenvalue weighted by molar-refractivity contribution is -0.117. The van der Waals surface area contributed by atoms with Gasteiger partial charge >= 0.3 is 0 Å². The number of benzene rings is 1. The molecule has 0 saturated heterocycles. The molecule has 0 aliphatic carbocycles. The van der Waals surface area contributed by atoms with Crippen molar-refractivity contribution in [3.05, 3.63) is 27.3 Å². The predicted molar refractivity (Wildman–Crippen MR) is 64.1 cm³/mol. The second-order valence-corrected chi connectivity index (χ2v) is 4.68. The van der Waals surface area contributed by atoms with Crippen molar-refractivity contribution in [1.82, 2.24) is 0 Å². The number of fused-ring (bicyclic) bond motifs is 1. The Morgan fingerprint density at radius 1 is 1.50 bits per heavy atom. The molecular weight excluding hydrogens is 291 g/mol. The molecule has 2 rings (SSSR count). The van der Waals surface area contributed by atoms with Gasteiger partial charge in [-0.3, -0.25) is 4.79 Å². The zero-order valence-corrected chi connectivity index (χ0v) is 9.74. The fourth-order valence-corrected chi connectivity index (χ4v) is 2.04. The maximum absolute atomic E-state index is 11.4. The van der Waals surface area contributed by atoms with Crippen molar-refractivity contribution in [2.45, 2.75) is 18.9 Å². The maximum atomic E-state index is 11.4. The smallest absolute Gasteiger partial charge is 0.241 e. The fraction of sp³-hybridized carbons (Fsp3) is 0.300. The molecule has 3 nitrogen and oxygen atoms in total. The number of nitrogens with one attached hydrogen (secondary N) is 1. The van der Waals surface area contributed by atoms with Crippen LogP contribution in [0.1, 0.15) is 12.0 Å². The summed E-state index contributed by atoms with van der Waals surface area (Å²) in [6.07, 6.45) is 1.59. The van der Waals surface area contributed by atoms with Gasteiger partial charge in [0.25, 0.3) is 0 Å². The van der Waals surface area contributed by atoms with Crippen LogP contribution in [0.3, 0.4) is 0 Å². The summed E-state index contributed by atoms with van der Waals surface area (Å²) in [4.78, 5) is 11.4. The molecule has 1 aromatic carbocycles. The van der Waals surface area contributed by atoms with Gasteiger partial charge in [0.1, 0.15) is 0 Å². The van der Waals surface area contributed by atoms with Gasteiger partial charge in [0.05, 0.1) is 6.04 Å². The van der Waals surface area contributed by atoms with Crippen LogP contribution in [0.2, 0.25) is 0 Å². The Morgan fingerprint density at radius 3 is 3.07 bits per heavy atom. The van der Waals surface area contributed by atoms with E-state index in [-0.39, 0.29) is 11.9 Å². The number of amides is 1. The minimum absolute atomic E-state index is 0.0780. The highest BCUT2D eigenvalue weighted by molar-refractivity contribution is 14.1. The number of rotatable bonds is 0. The van der Waals surface area contributed by atoms with Crippen molar-refractivity contribution in [1.29, 1.82) is 0 Å². The predicted octanol–water partition coefficient (Wildman–Crippen LogP) is 1.50. The highest BCUT2D eigenvalue weighted by atomic mass is 127. The van der Waals surface area contributed by atoms with Crippen LogP contribution in [0.5, 0.6) is 0 Å². The second kappa shape index (κ2) is 3.86. The Bertz CT molecular complexity index is 378. The largest absolute Gasteiger partial charge is 0.324 e. The second-order valence-electron chi connectivity index (χ2n) is 3.44. The number of hydrogen-bond acceptors (Lipinski definition) is 2. The van der Waals surface area contributed by atoms with Crippen LogP contribution in [0.15, 0.2) is 18.2 Å². The van der Waals surface area contributed by atoms with E-state index in [1.54, 1.807) is 0 Å². The van der Waals surface area contributed by atoms with Crippen molar-refractivity contribution < 1.29 is 4.79 Å². The van der Waals surface area contributed by atoms with E-state index >= 15 is 0 Å². The first-order valence-corrected chi connectivity index (χ1v) is 5.59. The standard InChI is InChI=1S/C10H11IN2O/c11-7-3-1-6-2-4-8(12)10(14)13-9(6)5-7/h1,3,5,8H,2,4,12H2,(H,13,14). The summed E-state index contributed by atoms with van der Waals surface area (Å²) < 4.78 is 1.12. The molecule has 74 valence electrons. The number of hydrogen-bond donors (Lipinski definition) is 2. The van der Waals surface area contributed by atoms with Gasteiger partial charge in [0.2, 0.25) is 5.91 Å². The van der Waals surface area contributed by atoms with Gasteiger partial charge in [0.15, 0.2) is 0 Å². The molecule has 4 heteroatoms. The molecule has 1 aromatic rings. The third-order valence-electron chi connectivity index (χ3n) is 2.39.